The second-order valence-electron chi connectivity index (χ2n) is 3.96. The number of hydrogen-bond donors (Lipinski definition) is 1. The van der Waals surface area contributed by atoms with Crippen LogP contribution >= 0.6 is 22.9 Å². The van der Waals surface area contributed by atoms with E-state index in [1.165, 1.54) is 4.88 Å². The Kier molecular flexibility index (Phi) is 4.41. The monoisotopic (exact) mass is 256 g/mol. The summed E-state index contributed by atoms with van der Waals surface area (Å²) < 4.78 is 0. The highest BCUT2D eigenvalue weighted by Gasteiger charge is 2.23. The van der Waals surface area contributed by atoms with Gasteiger partial charge in [0.05, 0.1) is 5.02 Å². The van der Waals surface area contributed by atoms with Crippen molar-refractivity contribution < 1.29 is 0 Å². The summed E-state index contributed by atoms with van der Waals surface area (Å²) >= 11 is 7.97. The molecule has 1 aromatic rings. The zero-order valence-corrected chi connectivity index (χ0v) is 10.9. The predicted octanol–water partition coefficient (Wildman–Crippen LogP) is 2.92. The summed E-state index contributed by atoms with van der Waals surface area (Å²) in [5.74, 6) is 0. The fourth-order valence-electron chi connectivity index (χ4n) is 2.12. The summed E-state index contributed by atoms with van der Waals surface area (Å²) in [5.41, 5.74) is 0. The maximum Gasteiger partial charge on any atom is 0.0561 e. The molecule has 2 rings (SSSR count). The van der Waals surface area contributed by atoms with Crippen LogP contribution in [-0.4, -0.2) is 31.1 Å². The van der Waals surface area contributed by atoms with Crippen LogP contribution in [-0.2, 0) is 0 Å². The van der Waals surface area contributed by atoms with Crippen molar-refractivity contribution in [3.8, 4) is 0 Å². The molecule has 1 fully saturated rings. The van der Waals surface area contributed by atoms with Gasteiger partial charge in [0.1, 0.15) is 0 Å². The number of halogens is 1. The van der Waals surface area contributed by atoms with Gasteiger partial charge in [0.15, 0.2) is 0 Å². The van der Waals surface area contributed by atoms with Crippen LogP contribution in [0.25, 0.3) is 0 Å². The molecule has 4 heteroatoms. The molecule has 0 radical (unpaired) electrons. The number of piperazine rings is 1. The summed E-state index contributed by atoms with van der Waals surface area (Å²) in [6.07, 6.45) is 2.96. The van der Waals surface area contributed by atoms with Crippen molar-refractivity contribution in [2.75, 3.05) is 26.2 Å². The first-order valence-corrected chi connectivity index (χ1v) is 6.87. The van der Waals surface area contributed by atoms with Crippen LogP contribution in [0, 0.1) is 0 Å². The van der Waals surface area contributed by atoms with E-state index in [-0.39, 0.29) is 0 Å². The fourth-order valence-corrected chi connectivity index (χ4v) is 3.45. The smallest absolute Gasteiger partial charge is 0.0561 e. The van der Waals surface area contributed by atoms with Crippen molar-refractivity contribution in [1.82, 2.24) is 10.2 Å². The lowest BCUT2D eigenvalue weighted by atomic mass is 10.1. The lowest BCUT2D eigenvalue weighted by molar-refractivity contribution is 0.177. The molecule has 1 aromatic heterocycles. The van der Waals surface area contributed by atoms with E-state index in [9.17, 15) is 0 Å². The van der Waals surface area contributed by atoms with Crippen LogP contribution in [0.2, 0.25) is 5.02 Å². The zero-order valence-electron chi connectivity index (χ0n) is 9.29. The Labute approximate surface area is 106 Å². The summed E-state index contributed by atoms with van der Waals surface area (Å²) in [6.45, 7) is 8.17. The molecule has 2 heterocycles. The first kappa shape index (κ1) is 12.1. The molecule has 16 heavy (non-hydrogen) atoms. The van der Waals surface area contributed by atoms with E-state index in [2.05, 4.69) is 22.2 Å². The van der Waals surface area contributed by atoms with Gasteiger partial charge in [-0.25, -0.2) is 0 Å². The summed E-state index contributed by atoms with van der Waals surface area (Å²) in [5, 5.41) is 6.34. The first-order valence-electron chi connectivity index (χ1n) is 5.61. The minimum atomic E-state index is 0.409. The van der Waals surface area contributed by atoms with Crippen LogP contribution in [0.3, 0.4) is 0 Å². The molecule has 0 spiro atoms. The Morgan fingerprint density at radius 1 is 1.56 bits per heavy atom. The third kappa shape index (κ3) is 2.66. The molecule has 0 aliphatic carbocycles. The third-order valence-electron chi connectivity index (χ3n) is 2.93. The molecular weight excluding hydrogens is 240 g/mol. The Balaban J connectivity index is 2.15. The number of hydrogen-bond acceptors (Lipinski definition) is 3. The maximum absolute atomic E-state index is 6.22. The van der Waals surface area contributed by atoms with Gasteiger partial charge < -0.3 is 5.32 Å². The van der Waals surface area contributed by atoms with Crippen molar-refractivity contribution >= 4 is 22.9 Å². The van der Waals surface area contributed by atoms with Crippen molar-refractivity contribution in [2.24, 2.45) is 0 Å². The number of nitrogens with zero attached hydrogens (tertiary/aromatic N) is 1. The van der Waals surface area contributed by atoms with Crippen molar-refractivity contribution in [1.29, 1.82) is 0 Å². The number of thiophene rings is 1. The van der Waals surface area contributed by atoms with Gasteiger partial charge in [0, 0.05) is 37.1 Å². The fraction of sp³-hybridized carbons (Fsp3) is 0.500. The normalized spacial score (nSPS) is 19.6. The lowest BCUT2D eigenvalue weighted by Gasteiger charge is -2.34. The Morgan fingerprint density at radius 3 is 2.88 bits per heavy atom. The van der Waals surface area contributed by atoms with Gasteiger partial charge in [0.25, 0.3) is 0 Å². The average molecular weight is 257 g/mol. The molecule has 0 unspecified atom stereocenters. The highest BCUT2D eigenvalue weighted by Crippen LogP contribution is 2.34. The van der Waals surface area contributed by atoms with E-state index < -0.39 is 0 Å². The quantitative estimate of drug-likeness (QED) is 0.834. The SMILES string of the molecule is C=CC[C@@H](c1sccc1Cl)N1CCNCC1. The molecule has 1 N–H and O–H groups in total. The molecule has 1 saturated heterocycles. The van der Waals surface area contributed by atoms with E-state index in [0.717, 1.165) is 37.6 Å². The Morgan fingerprint density at radius 2 is 2.31 bits per heavy atom. The van der Waals surface area contributed by atoms with Gasteiger partial charge in [-0.3, -0.25) is 4.90 Å². The van der Waals surface area contributed by atoms with Crippen molar-refractivity contribution in [3.05, 3.63) is 34.0 Å². The van der Waals surface area contributed by atoms with E-state index >= 15 is 0 Å². The average Bonchev–Trinajstić information content (AvgIpc) is 2.73. The van der Waals surface area contributed by atoms with Gasteiger partial charge in [-0.1, -0.05) is 17.7 Å². The molecule has 1 aliphatic heterocycles. The van der Waals surface area contributed by atoms with Crippen LogP contribution in [0.5, 0.6) is 0 Å². The van der Waals surface area contributed by atoms with E-state index in [1.54, 1.807) is 11.3 Å². The van der Waals surface area contributed by atoms with Crippen LogP contribution < -0.4 is 5.32 Å². The zero-order chi connectivity index (χ0) is 11.4. The molecule has 0 saturated carbocycles. The van der Waals surface area contributed by atoms with Crippen LogP contribution in [0.1, 0.15) is 17.3 Å². The van der Waals surface area contributed by atoms with Crippen LogP contribution in [0.4, 0.5) is 0 Å². The minimum Gasteiger partial charge on any atom is -0.314 e. The highest BCUT2D eigenvalue weighted by atomic mass is 35.5. The standard InChI is InChI=1S/C12H17ClN2S/c1-2-3-11(12-10(13)4-9-16-12)15-7-5-14-6-8-15/h2,4,9,11,14H,1,3,5-8H2/t11-/m0/s1. The largest absolute Gasteiger partial charge is 0.314 e. The Bertz CT molecular complexity index is 345. The second kappa shape index (κ2) is 5.82. The molecule has 0 amide bonds. The molecule has 2 nitrogen and oxygen atoms in total. The maximum atomic E-state index is 6.22. The molecule has 0 bridgehead atoms. The minimum absolute atomic E-state index is 0.409. The molecular formula is C12H17ClN2S. The highest BCUT2D eigenvalue weighted by molar-refractivity contribution is 7.10. The van der Waals surface area contributed by atoms with Crippen molar-refractivity contribution in [3.63, 3.8) is 0 Å². The second-order valence-corrected chi connectivity index (χ2v) is 5.31. The van der Waals surface area contributed by atoms with Crippen molar-refractivity contribution in [2.45, 2.75) is 12.5 Å². The van der Waals surface area contributed by atoms with E-state index in [0.29, 0.717) is 6.04 Å². The summed E-state index contributed by atoms with van der Waals surface area (Å²) in [4.78, 5) is 3.78. The van der Waals surface area contributed by atoms with E-state index in [1.807, 2.05) is 12.1 Å². The van der Waals surface area contributed by atoms with Gasteiger partial charge in [0.2, 0.25) is 0 Å². The third-order valence-corrected chi connectivity index (χ3v) is 4.39. The number of nitrogens with one attached hydrogen (secondary N) is 1. The number of rotatable bonds is 4. The molecule has 88 valence electrons. The summed E-state index contributed by atoms with van der Waals surface area (Å²) in [6, 6.07) is 2.40. The van der Waals surface area contributed by atoms with E-state index in [4.69, 9.17) is 11.6 Å². The topological polar surface area (TPSA) is 15.3 Å². The van der Waals surface area contributed by atoms with Gasteiger partial charge >= 0.3 is 0 Å². The van der Waals surface area contributed by atoms with Crippen LogP contribution in [0.15, 0.2) is 24.1 Å². The van der Waals surface area contributed by atoms with Gasteiger partial charge in [-0.15, -0.1) is 17.9 Å². The Hall–Kier alpha value is -0.350. The first-order chi connectivity index (χ1) is 7.83. The summed E-state index contributed by atoms with van der Waals surface area (Å²) in [7, 11) is 0. The lowest BCUT2D eigenvalue weighted by Crippen LogP contribution is -2.44. The molecule has 0 aromatic carbocycles. The molecule has 1 aliphatic rings. The van der Waals surface area contributed by atoms with Gasteiger partial charge in [-0.05, 0) is 17.9 Å². The molecule has 1 atom stereocenters. The van der Waals surface area contributed by atoms with Gasteiger partial charge in [-0.2, -0.15) is 0 Å². The predicted molar refractivity (Wildman–Crippen MR) is 71.3 cm³/mol.